The third kappa shape index (κ3) is 1.69. The molecule has 2 heterocycles. The van der Waals surface area contributed by atoms with Gasteiger partial charge in [-0.3, -0.25) is 0 Å². The Morgan fingerprint density at radius 3 is 2.86 bits per heavy atom. The van der Waals surface area contributed by atoms with Gasteiger partial charge in [0.1, 0.15) is 5.69 Å². The van der Waals surface area contributed by atoms with Crippen molar-refractivity contribution in [3.63, 3.8) is 0 Å². The zero-order chi connectivity index (χ0) is 9.97. The van der Waals surface area contributed by atoms with Crippen LogP contribution in [-0.4, -0.2) is 22.5 Å². The highest BCUT2D eigenvalue weighted by Gasteiger charge is 2.15. The number of aromatic nitrogens is 3. The van der Waals surface area contributed by atoms with E-state index in [4.69, 9.17) is 0 Å². The van der Waals surface area contributed by atoms with Crippen molar-refractivity contribution in [2.45, 2.75) is 13.0 Å². The van der Waals surface area contributed by atoms with E-state index in [1.165, 1.54) is 9.75 Å². The fraction of sp³-hybridized carbons (Fsp3) is 0.333. The van der Waals surface area contributed by atoms with Gasteiger partial charge in [-0.15, -0.1) is 11.3 Å². The van der Waals surface area contributed by atoms with E-state index >= 15 is 0 Å². The van der Waals surface area contributed by atoms with Crippen LogP contribution in [-0.2, 0) is 0 Å². The molecule has 5 heteroatoms. The van der Waals surface area contributed by atoms with E-state index in [-0.39, 0.29) is 6.04 Å². The van der Waals surface area contributed by atoms with E-state index in [1.54, 1.807) is 17.5 Å². The number of H-pyrrole nitrogens is 1. The standard InChI is InChI=1S/C9H12N4S/c1-6-3-4-8(14-6)9(10-2)7-5-11-13-12-7/h3-5,9-10H,1-2H3,(H,11,12,13). The van der Waals surface area contributed by atoms with Gasteiger partial charge in [-0.2, -0.15) is 15.4 Å². The Morgan fingerprint density at radius 2 is 2.36 bits per heavy atom. The molecule has 74 valence electrons. The summed E-state index contributed by atoms with van der Waals surface area (Å²) >= 11 is 1.77. The first kappa shape index (κ1) is 9.36. The van der Waals surface area contributed by atoms with Gasteiger partial charge in [0.2, 0.25) is 0 Å². The van der Waals surface area contributed by atoms with Crippen molar-refractivity contribution >= 4 is 11.3 Å². The SMILES string of the molecule is CNC(c1cn[nH]n1)c1ccc(C)s1. The minimum absolute atomic E-state index is 0.146. The van der Waals surface area contributed by atoms with Crippen molar-refractivity contribution in [1.29, 1.82) is 0 Å². The Balaban J connectivity index is 2.31. The van der Waals surface area contributed by atoms with E-state index in [0.717, 1.165) is 5.69 Å². The van der Waals surface area contributed by atoms with Crippen LogP contribution in [0.25, 0.3) is 0 Å². The van der Waals surface area contributed by atoms with E-state index in [0.29, 0.717) is 0 Å². The Hall–Kier alpha value is -1.20. The summed E-state index contributed by atoms with van der Waals surface area (Å²) < 4.78 is 0. The molecule has 0 amide bonds. The fourth-order valence-electron chi connectivity index (χ4n) is 1.39. The molecule has 0 fully saturated rings. The molecule has 0 spiro atoms. The normalized spacial score (nSPS) is 13.0. The van der Waals surface area contributed by atoms with Crippen molar-refractivity contribution in [3.8, 4) is 0 Å². The first-order chi connectivity index (χ1) is 6.81. The summed E-state index contributed by atoms with van der Waals surface area (Å²) in [6.07, 6.45) is 1.75. The summed E-state index contributed by atoms with van der Waals surface area (Å²) in [5.74, 6) is 0. The topological polar surface area (TPSA) is 53.6 Å². The Labute approximate surface area is 86.4 Å². The number of nitrogens with one attached hydrogen (secondary N) is 2. The molecule has 1 unspecified atom stereocenters. The average Bonchev–Trinajstić information content (AvgIpc) is 2.79. The van der Waals surface area contributed by atoms with Crippen LogP contribution in [0.15, 0.2) is 18.3 Å². The molecule has 2 aromatic heterocycles. The lowest BCUT2D eigenvalue weighted by atomic mass is 10.2. The van der Waals surface area contributed by atoms with Gasteiger partial charge in [-0.05, 0) is 26.1 Å². The molecular weight excluding hydrogens is 196 g/mol. The minimum Gasteiger partial charge on any atom is -0.307 e. The summed E-state index contributed by atoms with van der Waals surface area (Å²) in [4.78, 5) is 2.57. The molecule has 0 saturated carbocycles. The third-order valence-electron chi connectivity index (χ3n) is 2.06. The van der Waals surface area contributed by atoms with Crippen LogP contribution in [0.4, 0.5) is 0 Å². The van der Waals surface area contributed by atoms with E-state index in [2.05, 4.69) is 39.8 Å². The Morgan fingerprint density at radius 1 is 1.50 bits per heavy atom. The zero-order valence-corrected chi connectivity index (χ0v) is 8.93. The molecule has 14 heavy (non-hydrogen) atoms. The zero-order valence-electron chi connectivity index (χ0n) is 8.11. The molecule has 2 rings (SSSR count). The van der Waals surface area contributed by atoms with Gasteiger partial charge < -0.3 is 5.32 Å². The van der Waals surface area contributed by atoms with Crippen molar-refractivity contribution < 1.29 is 0 Å². The molecule has 4 nitrogen and oxygen atoms in total. The fourth-order valence-corrected chi connectivity index (χ4v) is 2.39. The Bertz CT molecular complexity index is 393. The molecule has 0 aliphatic heterocycles. The monoisotopic (exact) mass is 208 g/mol. The summed E-state index contributed by atoms with van der Waals surface area (Å²) in [5.41, 5.74) is 0.925. The van der Waals surface area contributed by atoms with Crippen LogP contribution in [0.1, 0.15) is 21.5 Å². The maximum Gasteiger partial charge on any atom is 0.105 e. The summed E-state index contributed by atoms with van der Waals surface area (Å²) in [5, 5.41) is 13.7. The highest BCUT2D eigenvalue weighted by Crippen LogP contribution is 2.26. The largest absolute Gasteiger partial charge is 0.307 e. The number of thiophene rings is 1. The van der Waals surface area contributed by atoms with Crippen LogP contribution in [0.2, 0.25) is 0 Å². The number of aromatic amines is 1. The number of rotatable bonds is 3. The van der Waals surface area contributed by atoms with Gasteiger partial charge >= 0.3 is 0 Å². The number of hydrogen-bond donors (Lipinski definition) is 2. The van der Waals surface area contributed by atoms with Crippen molar-refractivity contribution in [2.75, 3.05) is 7.05 Å². The molecule has 0 bridgehead atoms. The van der Waals surface area contributed by atoms with Gasteiger partial charge in [-0.25, -0.2) is 0 Å². The molecule has 1 atom stereocenters. The lowest BCUT2D eigenvalue weighted by Crippen LogP contribution is -2.16. The van der Waals surface area contributed by atoms with E-state index < -0.39 is 0 Å². The quantitative estimate of drug-likeness (QED) is 0.803. The van der Waals surface area contributed by atoms with Crippen LogP contribution >= 0.6 is 11.3 Å². The first-order valence-electron chi connectivity index (χ1n) is 4.40. The van der Waals surface area contributed by atoms with E-state index in [9.17, 15) is 0 Å². The van der Waals surface area contributed by atoms with Crippen molar-refractivity contribution in [2.24, 2.45) is 0 Å². The van der Waals surface area contributed by atoms with Gasteiger partial charge in [0, 0.05) is 9.75 Å². The molecule has 0 saturated heterocycles. The summed E-state index contributed by atoms with van der Waals surface area (Å²) in [6, 6.07) is 4.38. The average molecular weight is 208 g/mol. The van der Waals surface area contributed by atoms with Gasteiger partial charge in [0.25, 0.3) is 0 Å². The molecule has 0 aliphatic carbocycles. The molecule has 0 aliphatic rings. The van der Waals surface area contributed by atoms with Crippen molar-refractivity contribution in [1.82, 2.24) is 20.7 Å². The minimum atomic E-state index is 0.146. The first-order valence-corrected chi connectivity index (χ1v) is 5.22. The van der Waals surface area contributed by atoms with Crippen molar-refractivity contribution in [3.05, 3.63) is 33.8 Å². The summed E-state index contributed by atoms with van der Waals surface area (Å²) in [6.45, 7) is 2.10. The second kappa shape index (κ2) is 3.89. The highest BCUT2D eigenvalue weighted by molar-refractivity contribution is 7.12. The van der Waals surface area contributed by atoms with Gasteiger partial charge in [0.15, 0.2) is 0 Å². The van der Waals surface area contributed by atoms with Gasteiger partial charge in [-0.1, -0.05) is 0 Å². The van der Waals surface area contributed by atoms with Crippen LogP contribution < -0.4 is 5.32 Å². The third-order valence-corrected chi connectivity index (χ3v) is 3.13. The van der Waals surface area contributed by atoms with Crippen LogP contribution in [0, 0.1) is 6.92 Å². The predicted octanol–water partition coefficient (Wildman–Crippen LogP) is 1.48. The second-order valence-electron chi connectivity index (χ2n) is 3.06. The highest BCUT2D eigenvalue weighted by atomic mass is 32.1. The van der Waals surface area contributed by atoms with Crippen LogP contribution in [0.5, 0.6) is 0 Å². The van der Waals surface area contributed by atoms with Gasteiger partial charge in [0.05, 0.1) is 12.2 Å². The molecule has 0 aromatic carbocycles. The second-order valence-corrected chi connectivity index (χ2v) is 4.38. The molecule has 2 N–H and O–H groups in total. The molecule has 0 radical (unpaired) electrons. The smallest absolute Gasteiger partial charge is 0.105 e. The maximum atomic E-state index is 4.08. The Kier molecular flexibility index (Phi) is 2.60. The number of aryl methyl sites for hydroxylation is 1. The molecule has 2 aromatic rings. The lowest BCUT2D eigenvalue weighted by molar-refractivity contribution is 0.678. The predicted molar refractivity (Wildman–Crippen MR) is 56.3 cm³/mol. The number of hydrogen-bond acceptors (Lipinski definition) is 4. The number of nitrogens with zero attached hydrogens (tertiary/aromatic N) is 2. The maximum absolute atomic E-state index is 4.08. The van der Waals surface area contributed by atoms with E-state index in [1.807, 2.05) is 7.05 Å². The lowest BCUT2D eigenvalue weighted by Gasteiger charge is -2.10. The van der Waals surface area contributed by atoms with Crippen LogP contribution in [0.3, 0.4) is 0 Å². The molecular formula is C9H12N4S. The summed E-state index contributed by atoms with van der Waals surface area (Å²) in [7, 11) is 1.92.